The average Bonchev–Trinajstić information content (AvgIpc) is 2.53. The number of amides is 1. The van der Waals surface area contributed by atoms with Crippen LogP contribution in [-0.4, -0.2) is 34.1 Å². The molecule has 3 N–H and O–H groups in total. The van der Waals surface area contributed by atoms with Crippen molar-refractivity contribution in [1.82, 2.24) is 4.72 Å². The highest BCUT2D eigenvalue weighted by molar-refractivity contribution is 7.89. The molecule has 0 aliphatic carbocycles. The molecule has 1 aromatic rings. The minimum atomic E-state index is -4.65. The molecular formula is C14H17F3N2O4S. The van der Waals surface area contributed by atoms with Crippen LogP contribution in [0.15, 0.2) is 29.2 Å². The fourth-order valence-electron chi connectivity index (χ4n) is 2.43. The molecular weight excluding hydrogens is 349 g/mol. The van der Waals surface area contributed by atoms with Gasteiger partial charge in [-0.1, -0.05) is 6.07 Å². The van der Waals surface area contributed by atoms with Crippen molar-refractivity contribution in [3.63, 3.8) is 0 Å². The number of benzene rings is 1. The van der Waals surface area contributed by atoms with Gasteiger partial charge in [-0.2, -0.15) is 13.2 Å². The van der Waals surface area contributed by atoms with Gasteiger partial charge >= 0.3 is 6.18 Å². The van der Waals surface area contributed by atoms with Crippen molar-refractivity contribution in [2.75, 3.05) is 19.8 Å². The van der Waals surface area contributed by atoms with Gasteiger partial charge in [-0.15, -0.1) is 0 Å². The van der Waals surface area contributed by atoms with E-state index in [4.69, 9.17) is 10.5 Å². The minimum Gasteiger partial charge on any atom is -0.381 e. The van der Waals surface area contributed by atoms with Crippen molar-refractivity contribution in [3.8, 4) is 0 Å². The third kappa shape index (κ3) is 4.05. The van der Waals surface area contributed by atoms with Crippen molar-refractivity contribution < 1.29 is 31.1 Å². The van der Waals surface area contributed by atoms with E-state index in [0.29, 0.717) is 6.07 Å². The Morgan fingerprint density at radius 1 is 1.29 bits per heavy atom. The molecule has 0 atom stereocenters. The molecule has 1 fully saturated rings. The van der Waals surface area contributed by atoms with Gasteiger partial charge in [0.25, 0.3) is 0 Å². The first-order valence-corrected chi connectivity index (χ1v) is 8.60. The highest BCUT2D eigenvalue weighted by atomic mass is 32.2. The molecule has 0 saturated carbocycles. The Kier molecular flexibility index (Phi) is 5.21. The summed E-state index contributed by atoms with van der Waals surface area (Å²) in [4.78, 5) is 11.2. The first-order valence-electron chi connectivity index (χ1n) is 7.11. The topological polar surface area (TPSA) is 98.5 Å². The third-order valence-electron chi connectivity index (χ3n) is 4.04. The molecule has 0 bridgehead atoms. The van der Waals surface area contributed by atoms with Crippen LogP contribution in [0.3, 0.4) is 0 Å². The van der Waals surface area contributed by atoms with Gasteiger partial charge in [0, 0.05) is 19.8 Å². The van der Waals surface area contributed by atoms with E-state index < -0.39 is 38.0 Å². The predicted octanol–water partition coefficient (Wildman–Crippen LogP) is 1.27. The normalized spacial score (nSPS) is 18.3. The molecule has 1 aliphatic heterocycles. The molecule has 0 aromatic heterocycles. The van der Waals surface area contributed by atoms with E-state index in [9.17, 15) is 26.4 Å². The quantitative estimate of drug-likeness (QED) is 0.820. The largest absolute Gasteiger partial charge is 0.416 e. The second-order valence-electron chi connectivity index (χ2n) is 5.61. The molecule has 10 heteroatoms. The molecule has 1 saturated heterocycles. The van der Waals surface area contributed by atoms with Gasteiger partial charge < -0.3 is 10.5 Å². The molecule has 0 spiro atoms. The first-order chi connectivity index (χ1) is 11.1. The molecule has 0 unspecified atom stereocenters. The lowest BCUT2D eigenvalue weighted by Crippen LogP contribution is -2.49. The number of carbonyl (C=O) groups is 1. The Morgan fingerprint density at radius 2 is 1.92 bits per heavy atom. The summed E-state index contributed by atoms with van der Waals surface area (Å²) in [5.74, 6) is -0.669. The third-order valence-corrected chi connectivity index (χ3v) is 5.44. The average molecular weight is 366 g/mol. The molecule has 1 aromatic carbocycles. The summed E-state index contributed by atoms with van der Waals surface area (Å²) in [7, 11) is -4.21. The number of hydrogen-bond acceptors (Lipinski definition) is 4. The van der Waals surface area contributed by atoms with E-state index in [1.54, 1.807) is 0 Å². The van der Waals surface area contributed by atoms with Crippen LogP contribution in [0.1, 0.15) is 18.4 Å². The highest BCUT2D eigenvalue weighted by Crippen LogP contribution is 2.32. The maximum absolute atomic E-state index is 12.7. The zero-order chi connectivity index (χ0) is 18.0. The van der Waals surface area contributed by atoms with Crippen LogP contribution < -0.4 is 10.5 Å². The van der Waals surface area contributed by atoms with Gasteiger partial charge in [0.05, 0.1) is 15.9 Å². The number of nitrogens with one attached hydrogen (secondary N) is 1. The second kappa shape index (κ2) is 6.69. The summed E-state index contributed by atoms with van der Waals surface area (Å²) < 4.78 is 70.0. The molecule has 1 aliphatic rings. The molecule has 134 valence electrons. The summed E-state index contributed by atoms with van der Waals surface area (Å²) in [5.41, 5.74) is 3.20. The number of ether oxygens (including phenoxy) is 1. The van der Waals surface area contributed by atoms with E-state index >= 15 is 0 Å². The van der Waals surface area contributed by atoms with E-state index in [2.05, 4.69) is 4.72 Å². The van der Waals surface area contributed by atoms with E-state index in [-0.39, 0.29) is 32.6 Å². The minimum absolute atomic E-state index is 0.243. The Hall–Kier alpha value is -1.65. The summed E-state index contributed by atoms with van der Waals surface area (Å²) in [6.45, 7) is 0.229. The zero-order valence-electron chi connectivity index (χ0n) is 12.6. The monoisotopic (exact) mass is 366 g/mol. The lowest BCUT2D eigenvalue weighted by molar-refractivity contribution is -0.137. The smallest absolute Gasteiger partial charge is 0.381 e. The van der Waals surface area contributed by atoms with Gasteiger partial charge in [-0.3, -0.25) is 4.79 Å². The predicted molar refractivity (Wildman–Crippen MR) is 78.3 cm³/mol. The van der Waals surface area contributed by atoms with Crippen LogP contribution in [0, 0.1) is 5.41 Å². The molecule has 1 amide bonds. The zero-order valence-corrected chi connectivity index (χ0v) is 13.4. The van der Waals surface area contributed by atoms with Gasteiger partial charge in [0.2, 0.25) is 15.9 Å². The van der Waals surface area contributed by atoms with Crippen LogP contribution in [0.2, 0.25) is 0 Å². The number of primary amides is 1. The van der Waals surface area contributed by atoms with Crippen LogP contribution in [0.4, 0.5) is 13.2 Å². The summed E-state index contributed by atoms with van der Waals surface area (Å²) in [6, 6.07) is 3.39. The lowest BCUT2D eigenvalue weighted by Gasteiger charge is -2.34. The van der Waals surface area contributed by atoms with Crippen molar-refractivity contribution >= 4 is 15.9 Å². The molecule has 6 nitrogen and oxygen atoms in total. The molecule has 1 heterocycles. The molecule has 24 heavy (non-hydrogen) atoms. The lowest BCUT2D eigenvalue weighted by atomic mass is 9.80. The Balaban J connectivity index is 2.21. The second-order valence-corrected chi connectivity index (χ2v) is 7.37. The van der Waals surface area contributed by atoms with Crippen LogP contribution in [0.25, 0.3) is 0 Å². The number of alkyl halides is 3. The Morgan fingerprint density at radius 3 is 2.46 bits per heavy atom. The van der Waals surface area contributed by atoms with Crippen LogP contribution in [-0.2, 0) is 25.7 Å². The fourth-order valence-corrected chi connectivity index (χ4v) is 3.60. The summed E-state index contributed by atoms with van der Waals surface area (Å²) >= 11 is 0. The SMILES string of the molecule is NC(=O)C1(CNS(=O)(=O)c2cccc(C(F)(F)F)c2)CCOCC1. The summed E-state index contributed by atoms with van der Waals surface area (Å²) in [5, 5.41) is 0. The molecule has 0 radical (unpaired) electrons. The maximum atomic E-state index is 12.7. The van der Waals surface area contributed by atoms with E-state index in [1.165, 1.54) is 0 Å². The van der Waals surface area contributed by atoms with Gasteiger partial charge in [-0.05, 0) is 31.0 Å². The number of carbonyl (C=O) groups excluding carboxylic acids is 1. The number of rotatable bonds is 5. The summed E-state index contributed by atoms with van der Waals surface area (Å²) in [6.07, 6.45) is -4.17. The van der Waals surface area contributed by atoms with E-state index in [0.717, 1.165) is 18.2 Å². The number of halogens is 3. The Labute approximate surface area is 137 Å². The highest BCUT2D eigenvalue weighted by Gasteiger charge is 2.39. The van der Waals surface area contributed by atoms with Gasteiger partial charge in [0.15, 0.2) is 0 Å². The van der Waals surface area contributed by atoms with Crippen molar-refractivity contribution in [2.24, 2.45) is 11.1 Å². The molecule has 2 rings (SSSR count). The number of nitrogens with two attached hydrogens (primary N) is 1. The van der Waals surface area contributed by atoms with Crippen molar-refractivity contribution in [1.29, 1.82) is 0 Å². The van der Waals surface area contributed by atoms with Crippen LogP contribution >= 0.6 is 0 Å². The number of hydrogen-bond donors (Lipinski definition) is 2. The van der Waals surface area contributed by atoms with Gasteiger partial charge in [0.1, 0.15) is 0 Å². The maximum Gasteiger partial charge on any atom is 0.416 e. The Bertz CT molecular complexity index is 713. The van der Waals surface area contributed by atoms with Gasteiger partial charge in [-0.25, -0.2) is 13.1 Å². The first kappa shape index (κ1) is 18.7. The van der Waals surface area contributed by atoms with Crippen LogP contribution in [0.5, 0.6) is 0 Å². The van der Waals surface area contributed by atoms with E-state index in [1.807, 2.05) is 0 Å². The van der Waals surface area contributed by atoms with Crippen molar-refractivity contribution in [2.45, 2.75) is 23.9 Å². The standard InChI is InChI=1S/C14H17F3N2O4S/c15-14(16,17)10-2-1-3-11(8-10)24(21,22)19-9-13(12(18)20)4-6-23-7-5-13/h1-3,8,19H,4-7,9H2,(H2,18,20). The number of sulfonamides is 1. The van der Waals surface area contributed by atoms with Crippen molar-refractivity contribution in [3.05, 3.63) is 29.8 Å². The fraction of sp³-hybridized carbons (Fsp3) is 0.500.